The minimum atomic E-state index is -0.299. The Balaban J connectivity index is 2.68. The lowest BCUT2D eigenvalue weighted by Gasteiger charge is -2.19. The van der Waals surface area contributed by atoms with Gasteiger partial charge in [-0.05, 0) is 45.0 Å². The number of hydrogen-bond donors (Lipinski definition) is 2. The average molecular weight is 258 g/mol. The molecule has 0 heterocycles. The van der Waals surface area contributed by atoms with E-state index < -0.39 is 0 Å². The number of benzene rings is 1. The van der Waals surface area contributed by atoms with Crippen LogP contribution in [0, 0.1) is 6.92 Å². The van der Waals surface area contributed by atoms with Crippen molar-refractivity contribution in [3.8, 4) is 5.75 Å². The lowest BCUT2D eigenvalue weighted by atomic mass is 10.1. The molecule has 0 radical (unpaired) electrons. The van der Waals surface area contributed by atoms with Crippen LogP contribution < -0.4 is 0 Å². The molecule has 3 nitrogen and oxygen atoms in total. The van der Waals surface area contributed by atoms with Gasteiger partial charge in [-0.1, -0.05) is 11.6 Å². The van der Waals surface area contributed by atoms with Crippen molar-refractivity contribution in [2.75, 3.05) is 13.6 Å². The molecule has 1 aromatic rings. The van der Waals surface area contributed by atoms with Crippen LogP contribution in [0.3, 0.4) is 0 Å². The summed E-state index contributed by atoms with van der Waals surface area (Å²) in [6.45, 7) is 5.01. The molecule has 1 unspecified atom stereocenters. The van der Waals surface area contributed by atoms with E-state index in [1.54, 1.807) is 19.1 Å². The highest BCUT2D eigenvalue weighted by Gasteiger charge is 2.09. The number of aliphatic hydroxyl groups is 1. The van der Waals surface area contributed by atoms with E-state index in [1.165, 1.54) is 0 Å². The molecule has 1 atom stereocenters. The Labute approximate surface area is 108 Å². The van der Waals surface area contributed by atoms with Gasteiger partial charge in [0, 0.05) is 23.7 Å². The van der Waals surface area contributed by atoms with Crippen LogP contribution in [0.15, 0.2) is 12.1 Å². The van der Waals surface area contributed by atoms with Gasteiger partial charge in [-0.25, -0.2) is 0 Å². The van der Waals surface area contributed by atoms with Gasteiger partial charge in [0.1, 0.15) is 5.75 Å². The first-order valence-corrected chi connectivity index (χ1v) is 6.12. The summed E-state index contributed by atoms with van der Waals surface area (Å²) in [7, 11) is 1.96. The van der Waals surface area contributed by atoms with Crippen molar-refractivity contribution in [1.29, 1.82) is 0 Å². The van der Waals surface area contributed by atoms with Gasteiger partial charge in [-0.3, -0.25) is 0 Å². The van der Waals surface area contributed by atoms with Crippen molar-refractivity contribution < 1.29 is 10.2 Å². The molecule has 96 valence electrons. The Hall–Kier alpha value is -0.770. The molecule has 2 N–H and O–H groups in total. The largest absolute Gasteiger partial charge is 0.507 e. The van der Waals surface area contributed by atoms with Crippen molar-refractivity contribution in [3.05, 3.63) is 28.3 Å². The Morgan fingerprint density at radius 1 is 1.41 bits per heavy atom. The zero-order valence-electron chi connectivity index (χ0n) is 10.6. The number of rotatable bonds is 5. The molecular weight excluding hydrogens is 238 g/mol. The van der Waals surface area contributed by atoms with E-state index in [-0.39, 0.29) is 6.10 Å². The highest BCUT2D eigenvalue weighted by atomic mass is 35.5. The number of phenols is 1. The lowest BCUT2D eigenvalue weighted by Crippen LogP contribution is -2.22. The summed E-state index contributed by atoms with van der Waals surface area (Å²) in [5, 5.41) is 19.8. The normalized spacial score (nSPS) is 13.1. The fourth-order valence-corrected chi connectivity index (χ4v) is 2.00. The quantitative estimate of drug-likeness (QED) is 0.852. The first-order chi connectivity index (χ1) is 7.90. The Kier molecular flexibility index (Phi) is 5.25. The van der Waals surface area contributed by atoms with Gasteiger partial charge < -0.3 is 15.1 Å². The van der Waals surface area contributed by atoms with Gasteiger partial charge in [0.25, 0.3) is 0 Å². The summed E-state index contributed by atoms with van der Waals surface area (Å²) in [5.74, 6) is 0.304. The fourth-order valence-electron chi connectivity index (χ4n) is 1.70. The monoisotopic (exact) mass is 257 g/mol. The molecule has 17 heavy (non-hydrogen) atoms. The van der Waals surface area contributed by atoms with Crippen LogP contribution in [0.5, 0.6) is 5.75 Å². The van der Waals surface area contributed by atoms with Gasteiger partial charge in [0.2, 0.25) is 0 Å². The zero-order valence-corrected chi connectivity index (χ0v) is 11.3. The van der Waals surface area contributed by atoms with Crippen LogP contribution in [0.1, 0.15) is 24.5 Å². The molecule has 0 aliphatic carbocycles. The minimum Gasteiger partial charge on any atom is -0.507 e. The van der Waals surface area contributed by atoms with E-state index in [2.05, 4.69) is 4.90 Å². The number of halogens is 1. The lowest BCUT2D eigenvalue weighted by molar-refractivity contribution is 0.162. The van der Waals surface area contributed by atoms with Gasteiger partial charge in [-0.2, -0.15) is 0 Å². The molecule has 0 spiro atoms. The number of phenolic OH excluding ortho intramolecular Hbond substituents is 1. The maximum atomic E-state index is 9.91. The van der Waals surface area contributed by atoms with Crippen LogP contribution in [-0.4, -0.2) is 34.8 Å². The summed E-state index contributed by atoms with van der Waals surface area (Å²) in [5.41, 5.74) is 1.61. The predicted molar refractivity (Wildman–Crippen MR) is 70.5 cm³/mol. The highest BCUT2D eigenvalue weighted by Crippen LogP contribution is 2.27. The third kappa shape index (κ3) is 4.54. The second-order valence-electron chi connectivity index (χ2n) is 4.61. The van der Waals surface area contributed by atoms with Crippen LogP contribution in [-0.2, 0) is 6.54 Å². The Morgan fingerprint density at radius 3 is 2.65 bits per heavy atom. The SMILES string of the molecule is Cc1cc(Cl)cc(CN(C)CCC(C)O)c1O. The zero-order chi connectivity index (χ0) is 13.0. The maximum absolute atomic E-state index is 9.91. The number of nitrogens with zero attached hydrogens (tertiary/aromatic N) is 1. The summed E-state index contributed by atoms with van der Waals surface area (Å²) in [4.78, 5) is 2.05. The van der Waals surface area contributed by atoms with E-state index >= 15 is 0 Å². The third-order valence-electron chi connectivity index (χ3n) is 2.71. The second kappa shape index (κ2) is 6.24. The van der Waals surface area contributed by atoms with Crippen molar-refractivity contribution in [2.45, 2.75) is 32.9 Å². The molecule has 1 aromatic carbocycles. The van der Waals surface area contributed by atoms with E-state index in [9.17, 15) is 10.2 Å². The Morgan fingerprint density at radius 2 is 2.06 bits per heavy atom. The molecule has 0 bridgehead atoms. The molecule has 0 aliphatic rings. The van der Waals surface area contributed by atoms with Gasteiger partial charge in [-0.15, -0.1) is 0 Å². The molecule has 4 heteroatoms. The third-order valence-corrected chi connectivity index (χ3v) is 2.93. The van der Waals surface area contributed by atoms with Gasteiger partial charge >= 0.3 is 0 Å². The standard InChI is InChI=1S/C13H20ClNO2/c1-9-6-12(14)7-11(13(9)17)8-15(3)5-4-10(2)16/h6-7,10,16-17H,4-5,8H2,1-3H3. The van der Waals surface area contributed by atoms with E-state index in [0.29, 0.717) is 17.3 Å². The van der Waals surface area contributed by atoms with Crippen LogP contribution in [0.2, 0.25) is 5.02 Å². The van der Waals surface area contributed by atoms with Crippen molar-refractivity contribution in [2.24, 2.45) is 0 Å². The molecule has 0 aromatic heterocycles. The maximum Gasteiger partial charge on any atom is 0.123 e. The molecular formula is C13H20ClNO2. The first kappa shape index (κ1) is 14.3. The number of aliphatic hydroxyl groups excluding tert-OH is 1. The highest BCUT2D eigenvalue weighted by molar-refractivity contribution is 6.30. The molecule has 1 rings (SSSR count). The van der Waals surface area contributed by atoms with Crippen LogP contribution in [0.25, 0.3) is 0 Å². The predicted octanol–water partition coefficient (Wildman–Crippen LogP) is 2.56. The molecule has 0 aliphatic heterocycles. The topological polar surface area (TPSA) is 43.7 Å². The Bertz CT molecular complexity index is 380. The van der Waals surface area contributed by atoms with E-state index in [4.69, 9.17) is 11.6 Å². The van der Waals surface area contributed by atoms with Crippen molar-refractivity contribution in [1.82, 2.24) is 4.90 Å². The van der Waals surface area contributed by atoms with Crippen LogP contribution in [0.4, 0.5) is 0 Å². The number of aryl methyl sites for hydroxylation is 1. The fraction of sp³-hybridized carbons (Fsp3) is 0.538. The van der Waals surface area contributed by atoms with Crippen LogP contribution >= 0.6 is 11.6 Å². The number of aromatic hydroxyl groups is 1. The molecule has 0 amide bonds. The minimum absolute atomic E-state index is 0.299. The smallest absolute Gasteiger partial charge is 0.123 e. The van der Waals surface area contributed by atoms with E-state index in [1.807, 2.05) is 14.0 Å². The van der Waals surface area contributed by atoms with E-state index in [0.717, 1.165) is 24.1 Å². The first-order valence-electron chi connectivity index (χ1n) is 5.74. The van der Waals surface area contributed by atoms with Gasteiger partial charge in [0.05, 0.1) is 6.10 Å². The molecule has 0 saturated heterocycles. The summed E-state index contributed by atoms with van der Waals surface area (Å²) >= 11 is 5.96. The van der Waals surface area contributed by atoms with Gasteiger partial charge in [0.15, 0.2) is 0 Å². The van der Waals surface area contributed by atoms with Crippen molar-refractivity contribution >= 4 is 11.6 Å². The summed E-state index contributed by atoms with van der Waals surface area (Å²) < 4.78 is 0. The summed E-state index contributed by atoms with van der Waals surface area (Å²) in [6, 6.07) is 3.53. The number of hydrogen-bond acceptors (Lipinski definition) is 3. The average Bonchev–Trinajstić information content (AvgIpc) is 2.22. The molecule has 0 fully saturated rings. The molecule has 0 saturated carbocycles. The second-order valence-corrected chi connectivity index (χ2v) is 5.04. The van der Waals surface area contributed by atoms with Crippen molar-refractivity contribution in [3.63, 3.8) is 0 Å². The summed E-state index contributed by atoms with van der Waals surface area (Å²) in [6.07, 6.45) is 0.420.